The van der Waals surface area contributed by atoms with Crippen LogP contribution in [0, 0.1) is 11.8 Å². The minimum absolute atomic E-state index is 0.0773. The number of ketones is 1. The minimum Gasteiger partial charge on any atom is -0.481 e. The van der Waals surface area contributed by atoms with Crippen molar-refractivity contribution in [2.45, 2.75) is 19.3 Å². The molecule has 0 amide bonds. The quantitative estimate of drug-likeness (QED) is 0.842. The van der Waals surface area contributed by atoms with E-state index in [-0.39, 0.29) is 11.7 Å². The maximum Gasteiger partial charge on any atom is 0.307 e. The number of carboxylic acids is 1. The van der Waals surface area contributed by atoms with Gasteiger partial charge in [-0.2, -0.15) is 0 Å². The van der Waals surface area contributed by atoms with Gasteiger partial charge in [0.15, 0.2) is 5.78 Å². The van der Waals surface area contributed by atoms with Crippen molar-refractivity contribution in [1.29, 1.82) is 0 Å². The first-order valence-corrected chi connectivity index (χ1v) is 6.00. The topological polar surface area (TPSA) is 54.4 Å². The fourth-order valence-electron chi connectivity index (χ4n) is 2.40. The van der Waals surface area contributed by atoms with Crippen molar-refractivity contribution in [2.75, 3.05) is 0 Å². The summed E-state index contributed by atoms with van der Waals surface area (Å²) in [6.45, 7) is 0. The lowest BCUT2D eigenvalue weighted by atomic mass is 9.88. The lowest BCUT2D eigenvalue weighted by Crippen LogP contribution is -2.25. The highest BCUT2D eigenvalue weighted by atomic mass is 35.5. The molecule has 0 spiro atoms. The predicted octanol–water partition coefficient (Wildman–Crippen LogP) is 3.02. The van der Waals surface area contributed by atoms with E-state index >= 15 is 0 Å². The van der Waals surface area contributed by atoms with Crippen LogP contribution in [0.2, 0.25) is 5.02 Å². The number of halogens is 1. The third-order valence-corrected chi connectivity index (χ3v) is 3.55. The Hall–Kier alpha value is -1.35. The van der Waals surface area contributed by atoms with E-state index in [1.165, 1.54) is 0 Å². The molecule has 1 saturated carbocycles. The zero-order valence-corrected chi connectivity index (χ0v) is 9.98. The van der Waals surface area contributed by atoms with Crippen molar-refractivity contribution >= 4 is 23.4 Å². The van der Waals surface area contributed by atoms with Crippen LogP contribution in [-0.2, 0) is 4.79 Å². The van der Waals surface area contributed by atoms with E-state index < -0.39 is 11.9 Å². The molecule has 0 radical (unpaired) electrons. The van der Waals surface area contributed by atoms with Crippen LogP contribution in [0.5, 0.6) is 0 Å². The van der Waals surface area contributed by atoms with Crippen LogP contribution < -0.4 is 0 Å². The summed E-state index contributed by atoms with van der Waals surface area (Å²) in [4.78, 5) is 23.2. The van der Waals surface area contributed by atoms with E-state index in [1.54, 1.807) is 24.3 Å². The van der Waals surface area contributed by atoms with Gasteiger partial charge >= 0.3 is 5.97 Å². The zero-order chi connectivity index (χ0) is 12.4. The van der Waals surface area contributed by atoms with Gasteiger partial charge in [0.25, 0.3) is 0 Å². The number of carbonyl (C=O) groups is 2. The molecule has 1 fully saturated rings. The molecule has 90 valence electrons. The molecule has 2 rings (SSSR count). The molecule has 1 aliphatic rings. The number of benzene rings is 1. The Kier molecular flexibility index (Phi) is 3.48. The maximum absolute atomic E-state index is 12.2. The molecule has 2 atom stereocenters. The predicted molar refractivity (Wildman–Crippen MR) is 64.2 cm³/mol. The molecule has 1 aliphatic carbocycles. The number of Topliss-reactive ketones (excluding diaryl/α,β-unsaturated/α-hetero) is 1. The van der Waals surface area contributed by atoms with E-state index in [2.05, 4.69) is 0 Å². The summed E-state index contributed by atoms with van der Waals surface area (Å²) in [6.07, 6.45) is 2.07. The van der Waals surface area contributed by atoms with Crippen LogP contribution in [-0.4, -0.2) is 16.9 Å². The second-order valence-corrected chi connectivity index (χ2v) is 4.79. The summed E-state index contributed by atoms with van der Waals surface area (Å²) >= 11 is 5.75. The molecule has 2 unspecified atom stereocenters. The van der Waals surface area contributed by atoms with E-state index in [1.807, 2.05) is 0 Å². The molecule has 4 heteroatoms. The third kappa shape index (κ3) is 2.50. The van der Waals surface area contributed by atoms with Gasteiger partial charge in [-0.05, 0) is 37.1 Å². The van der Waals surface area contributed by atoms with Crippen LogP contribution in [0.4, 0.5) is 0 Å². The largest absolute Gasteiger partial charge is 0.481 e. The van der Waals surface area contributed by atoms with Gasteiger partial charge < -0.3 is 5.11 Å². The van der Waals surface area contributed by atoms with Crippen molar-refractivity contribution in [3.8, 4) is 0 Å². The van der Waals surface area contributed by atoms with Gasteiger partial charge in [0.2, 0.25) is 0 Å². The zero-order valence-electron chi connectivity index (χ0n) is 9.23. The lowest BCUT2D eigenvalue weighted by molar-refractivity contribution is -0.142. The smallest absolute Gasteiger partial charge is 0.307 e. The van der Waals surface area contributed by atoms with Crippen molar-refractivity contribution in [3.63, 3.8) is 0 Å². The highest BCUT2D eigenvalue weighted by molar-refractivity contribution is 6.30. The highest BCUT2D eigenvalue weighted by Crippen LogP contribution is 2.34. The molecule has 3 nitrogen and oxygen atoms in total. The summed E-state index contributed by atoms with van der Waals surface area (Å²) in [7, 11) is 0. The number of carbonyl (C=O) groups excluding carboxylic acids is 1. The first kappa shape index (κ1) is 12.1. The van der Waals surface area contributed by atoms with Crippen LogP contribution in [0.1, 0.15) is 29.6 Å². The number of carboxylic acid groups (broad SMARTS) is 1. The molecule has 17 heavy (non-hydrogen) atoms. The Bertz CT molecular complexity index is 438. The SMILES string of the molecule is O=C(O)C1CCCC1C(=O)c1ccc(Cl)cc1. The Balaban J connectivity index is 2.19. The van der Waals surface area contributed by atoms with E-state index in [0.29, 0.717) is 23.4 Å². The average Bonchev–Trinajstić information content (AvgIpc) is 2.78. The monoisotopic (exact) mass is 252 g/mol. The van der Waals surface area contributed by atoms with Crippen LogP contribution >= 0.6 is 11.6 Å². The van der Waals surface area contributed by atoms with Crippen LogP contribution in [0.3, 0.4) is 0 Å². The maximum atomic E-state index is 12.2. The first-order valence-electron chi connectivity index (χ1n) is 5.62. The summed E-state index contributed by atoms with van der Waals surface area (Å²) < 4.78 is 0. The fraction of sp³-hybridized carbons (Fsp3) is 0.385. The molecule has 0 bridgehead atoms. The van der Waals surface area contributed by atoms with E-state index in [9.17, 15) is 9.59 Å². The third-order valence-electron chi connectivity index (χ3n) is 3.30. The Morgan fingerprint density at radius 2 is 1.71 bits per heavy atom. The minimum atomic E-state index is -0.866. The molecular weight excluding hydrogens is 240 g/mol. The molecule has 0 aromatic heterocycles. The summed E-state index contributed by atoms with van der Waals surface area (Å²) in [5.41, 5.74) is 0.549. The van der Waals surface area contributed by atoms with Crippen LogP contribution in [0.25, 0.3) is 0 Å². The standard InChI is InChI=1S/C13H13ClO3/c14-9-6-4-8(5-7-9)12(15)10-2-1-3-11(10)13(16)17/h4-7,10-11H,1-3H2,(H,16,17). The summed E-state index contributed by atoms with van der Waals surface area (Å²) in [5, 5.41) is 9.62. The van der Waals surface area contributed by atoms with Crippen LogP contribution in [0.15, 0.2) is 24.3 Å². The molecule has 1 aromatic rings. The van der Waals surface area contributed by atoms with Gasteiger partial charge in [0.05, 0.1) is 5.92 Å². The molecule has 1 aromatic carbocycles. The molecule has 0 saturated heterocycles. The van der Waals surface area contributed by atoms with Crippen molar-refractivity contribution in [3.05, 3.63) is 34.9 Å². The Labute approximate surface area is 104 Å². The Morgan fingerprint density at radius 3 is 2.29 bits per heavy atom. The Morgan fingerprint density at radius 1 is 1.12 bits per heavy atom. The van der Waals surface area contributed by atoms with Gasteiger partial charge in [0, 0.05) is 16.5 Å². The van der Waals surface area contributed by atoms with Crippen molar-refractivity contribution < 1.29 is 14.7 Å². The highest BCUT2D eigenvalue weighted by Gasteiger charge is 2.37. The first-order chi connectivity index (χ1) is 8.09. The number of rotatable bonds is 3. The van der Waals surface area contributed by atoms with Gasteiger partial charge in [-0.1, -0.05) is 18.0 Å². The molecule has 0 aliphatic heterocycles. The number of aliphatic carboxylic acids is 1. The van der Waals surface area contributed by atoms with Gasteiger partial charge in [-0.3, -0.25) is 9.59 Å². The lowest BCUT2D eigenvalue weighted by Gasteiger charge is -2.14. The molecule has 0 heterocycles. The van der Waals surface area contributed by atoms with Gasteiger partial charge in [-0.25, -0.2) is 0 Å². The van der Waals surface area contributed by atoms with E-state index in [4.69, 9.17) is 16.7 Å². The normalized spacial score (nSPS) is 23.6. The van der Waals surface area contributed by atoms with E-state index in [0.717, 1.165) is 6.42 Å². The molecule has 1 N–H and O–H groups in total. The molecular formula is C13H13ClO3. The van der Waals surface area contributed by atoms with Gasteiger partial charge in [-0.15, -0.1) is 0 Å². The van der Waals surface area contributed by atoms with Gasteiger partial charge in [0.1, 0.15) is 0 Å². The number of hydrogen-bond acceptors (Lipinski definition) is 2. The van der Waals surface area contributed by atoms with Crippen molar-refractivity contribution in [1.82, 2.24) is 0 Å². The average molecular weight is 253 g/mol. The fourth-order valence-corrected chi connectivity index (χ4v) is 2.52. The number of hydrogen-bond donors (Lipinski definition) is 1. The summed E-state index contributed by atoms with van der Waals surface area (Å²) in [5.74, 6) is -1.85. The van der Waals surface area contributed by atoms with Crippen molar-refractivity contribution in [2.24, 2.45) is 11.8 Å². The second kappa shape index (κ2) is 4.88. The second-order valence-electron chi connectivity index (χ2n) is 4.35. The summed E-state index contributed by atoms with van der Waals surface area (Å²) in [6, 6.07) is 6.61.